The minimum Gasteiger partial charge on any atom is -0.497 e. The zero-order chi connectivity index (χ0) is 15.4. The molecule has 0 radical (unpaired) electrons. The number of aliphatic carboxylic acids is 1. The van der Waals surface area contributed by atoms with E-state index in [2.05, 4.69) is 5.32 Å². The molecule has 1 aromatic rings. The van der Waals surface area contributed by atoms with Gasteiger partial charge in [-0.1, -0.05) is 19.1 Å². The number of carboxylic acid groups (broad SMARTS) is 1. The summed E-state index contributed by atoms with van der Waals surface area (Å²) in [7, 11) is 1.62. The maximum absolute atomic E-state index is 12.0. The Bertz CT molecular complexity index is 523. The predicted octanol–water partition coefficient (Wildman–Crippen LogP) is 2.17. The van der Waals surface area contributed by atoms with Gasteiger partial charge in [0, 0.05) is 12.5 Å². The van der Waals surface area contributed by atoms with Crippen molar-refractivity contribution in [2.45, 2.75) is 38.1 Å². The molecule has 1 aliphatic rings. The highest BCUT2D eigenvalue weighted by Gasteiger charge is 2.35. The molecule has 1 amide bonds. The Hall–Kier alpha value is -2.04. The van der Waals surface area contributed by atoms with Gasteiger partial charge in [0.15, 0.2) is 0 Å². The first-order chi connectivity index (χ1) is 9.99. The first kappa shape index (κ1) is 15.4. The molecule has 1 saturated carbocycles. The lowest BCUT2D eigenvalue weighted by atomic mass is 9.80. The molecule has 1 aromatic carbocycles. The average Bonchev–Trinajstić information content (AvgIpc) is 2.42. The van der Waals surface area contributed by atoms with Crippen LogP contribution in [0, 0.1) is 5.92 Å². The van der Waals surface area contributed by atoms with Gasteiger partial charge in [0.2, 0.25) is 5.91 Å². The van der Waals surface area contributed by atoms with Crippen molar-refractivity contribution in [2.24, 2.45) is 5.92 Å². The summed E-state index contributed by atoms with van der Waals surface area (Å²) >= 11 is 0. The van der Waals surface area contributed by atoms with Crippen LogP contribution in [-0.2, 0) is 9.59 Å². The third-order valence-corrected chi connectivity index (χ3v) is 4.01. The van der Waals surface area contributed by atoms with E-state index in [4.69, 9.17) is 9.84 Å². The first-order valence-corrected chi connectivity index (χ1v) is 7.15. The van der Waals surface area contributed by atoms with Crippen LogP contribution in [0.1, 0.15) is 37.7 Å². The molecule has 1 fully saturated rings. The van der Waals surface area contributed by atoms with E-state index in [1.807, 2.05) is 31.2 Å². The van der Waals surface area contributed by atoms with E-state index < -0.39 is 5.97 Å². The van der Waals surface area contributed by atoms with Gasteiger partial charge < -0.3 is 15.2 Å². The molecule has 0 saturated heterocycles. The van der Waals surface area contributed by atoms with Crippen LogP contribution in [0.4, 0.5) is 0 Å². The number of ether oxygens (including phenoxy) is 1. The third kappa shape index (κ3) is 3.97. The van der Waals surface area contributed by atoms with Crippen molar-refractivity contribution >= 4 is 11.9 Å². The van der Waals surface area contributed by atoms with E-state index in [0.717, 1.165) is 11.3 Å². The van der Waals surface area contributed by atoms with Crippen LogP contribution in [0.15, 0.2) is 24.3 Å². The molecule has 0 heterocycles. The van der Waals surface area contributed by atoms with Crippen LogP contribution in [0.5, 0.6) is 5.75 Å². The highest BCUT2D eigenvalue weighted by molar-refractivity contribution is 5.78. The van der Waals surface area contributed by atoms with Crippen LogP contribution in [0.25, 0.3) is 0 Å². The number of rotatable bonds is 6. The number of hydrogen-bond donors (Lipinski definition) is 2. The highest BCUT2D eigenvalue weighted by atomic mass is 16.5. The van der Waals surface area contributed by atoms with Crippen molar-refractivity contribution < 1.29 is 19.4 Å². The molecule has 21 heavy (non-hydrogen) atoms. The number of carbonyl (C=O) groups excluding carboxylic acids is 1. The molecule has 5 heteroatoms. The zero-order valence-electron chi connectivity index (χ0n) is 12.3. The quantitative estimate of drug-likeness (QED) is 0.842. The zero-order valence-corrected chi connectivity index (χ0v) is 12.3. The van der Waals surface area contributed by atoms with E-state index >= 15 is 0 Å². The van der Waals surface area contributed by atoms with Crippen LogP contribution < -0.4 is 10.1 Å². The van der Waals surface area contributed by atoms with Crippen LogP contribution in [0.3, 0.4) is 0 Å². The lowest BCUT2D eigenvalue weighted by Gasteiger charge is -2.33. The Morgan fingerprint density at radius 2 is 2.14 bits per heavy atom. The van der Waals surface area contributed by atoms with Gasteiger partial charge in [-0.05, 0) is 36.5 Å². The van der Waals surface area contributed by atoms with Gasteiger partial charge in [-0.15, -0.1) is 0 Å². The lowest BCUT2D eigenvalue weighted by molar-refractivity contribution is -0.146. The molecule has 0 bridgehead atoms. The van der Waals surface area contributed by atoms with Crippen LogP contribution in [0.2, 0.25) is 0 Å². The Labute approximate surface area is 124 Å². The summed E-state index contributed by atoms with van der Waals surface area (Å²) in [5.74, 6) is -0.228. The Morgan fingerprint density at radius 1 is 1.43 bits per heavy atom. The fraction of sp³-hybridized carbons (Fsp3) is 0.500. The van der Waals surface area contributed by atoms with Crippen LogP contribution in [-0.4, -0.2) is 30.1 Å². The summed E-state index contributed by atoms with van der Waals surface area (Å²) in [5, 5.41) is 11.7. The lowest BCUT2D eigenvalue weighted by Crippen LogP contribution is -2.46. The van der Waals surface area contributed by atoms with Gasteiger partial charge in [-0.3, -0.25) is 9.59 Å². The van der Waals surface area contributed by atoms with E-state index in [1.165, 1.54) is 0 Å². The second-order valence-corrected chi connectivity index (χ2v) is 5.65. The summed E-state index contributed by atoms with van der Waals surface area (Å²) in [5.41, 5.74) is 1.06. The molecule has 0 aromatic heterocycles. The maximum Gasteiger partial charge on any atom is 0.306 e. The SMILES string of the molecule is COc1cccc(C(C)CC(=O)NC2CC(C(=O)O)C2)c1. The fourth-order valence-electron chi connectivity index (χ4n) is 2.57. The average molecular weight is 291 g/mol. The minimum absolute atomic E-state index is 0.0103. The topological polar surface area (TPSA) is 75.6 Å². The van der Waals surface area contributed by atoms with Gasteiger partial charge in [-0.2, -0.15) is 0 Å². The van der Waals surface area contributed by atoms with E-state index in [1.54, 1.807) is 7.11 Å². The van der Waals surface area contributed by atoms with Crippen molar-refractivity contribution in [1.82, 2.24) is 5.32 Å². The molecule has 5 nitrogen and oxygen atoms in total. The monoisotopic (exact) mass is 291 g/mol. The fourth-order valence-corrected chi connectivity index (χ4v) is 2.57. The number of benzene rings is 1. The molecule has 0 spiro atoms. The van der Waals surface area contributed by atoms with Crippen molar-refractivity contribution in [3.63, 3.8) is 0 Å². The van der Waals surface area contributed by atoms with Gasteiger partial charge in [0.25, 0.3) is 0 Å². The smallest absolute Gasteiger partial charge is 0.306 e. The first-order valence-electron chi connectivity index (χ1n) is 7.15. The largest absolute Gasteiger partial charge is 0.497 e. The van der Waals surface area contributed by atoms with Crippen molar-refractivity contribution in [3.8, 4) is 5.75 Å². The molecule has 0 aliphatic heterocycles. The van der Waals surface area contributed by atoms with Gasteiger partial charge in [0.05, 0.1) is 13.0 Å². The van der Waals surface area contributed by atoms with Crippen molar-refractivity contribution in [2.75, 3.05) is 7.11 Å². The van der Waals surface area contributed by atoms with Gasteiger partial charge >= 0.3 is 5.97 Å². The minimum atomic E-state index is -0.773. The number of carbonyl (C=O) groups is 2. The number of carboxylic acids is 1. The maximum atomic E-state index is 12.0. The second kappa shape index (κ2) is 6.61. The molecule has 2 N–H and O–H groups in total. The summed E-state index contributed by atoms with van der Waals surface area (Å²) in [6.45, 7) is 2.00. The highest BCUT2D eigenvalue weighted by Crippen LogP contribution is 2.28. The number of amides is 1. The number of nitrogens with one attached hydrogen (secondary N) is 1. The van der Waals surface area contributed by atoms with E-state index in [-0.39, 0.29) is 23.8 Å². The molecule has 1 atom stereocenters. The normalized spacial score (nSPS) is 22.0. The van der Waals surface area contributed by atoms with Gasteiger partial charge in [0.1, 0.15) is 5.75 Å². The Balaban J connectivity index is 1.81. The molecule has 1 aliphatic carbocycles. The van der Waals surface area contributed by atoms with Crippen molar-refractivity contribution in [1.29, 1.82) is 0 Å². The van der Waals surface area contributed by atoms with E-state index in [0.29, 0.717) is 19.3 Å². The number of hydrogen-bond acceptors (Lipinski definition) is 3. The van der Waals surface area contributed by atoms with E-state index in [9.17, 15) is 9.59 Å². The summed E-state index contributed by atoms with van der Waals surface area (Å²) < 4.78 is 5.18. The molecule has 1 unspecified atom stereocenters. The summed E-state index contributed by atoms with van der Waals surface area (Å²) in [6.07, 6.45) is 1.46. The van der Waals surface area contributed by atoms with Crippen LogP contribution >= 0.6 is 0 Å². The second-order valence-electron chi connectivity index (χ2n) is 5.65. The summed E-state index contributed by atoms with van der Waals surface area (Å²) in [6, 6.07) is 7.70. The standard InChI is InChI=1S/C16H21NO4/c1-10(11-4-3-5-14(9-11)21-2)6-15(18)17-13-7-12(8-13)16(19)20/h3-5,9-10,12-13H,6-8H2,1-2H3,(H,17,18)(H,19,20). The van der Waals surface area contributed by atoms with Gasteiger partial charge in [-0.25, -0.2) is 0 Å². The number of methoxy groups -OCH3 is 1. The Kier molecular flexibility index (Phi) is 4.83. The third-order valence-electron chi connectivity index (χ3n) is 4.01. The summed E-state index contributed by atoms with van der Waals surface area (Å²) in [4.78, 5) is 22.7. The molecule has 2 rings (SSSR count). The molecule has 114 valence electrons. The molecular weight excluding hydrogens is 270 g/mol. The predicted molar refractivity (Wildman–Crippen MR) is 78.3 cm³/mol. The molecular formula is C16H21NO4. The Morgan fingerprint density at radius 3 is 2.76 bits per heavy atom. The van der Waals surface area contributed by atoms with Crippen molar-refractivity contribution in [3.05, 3.63) is 29.8 Å².